The van der Waals surface area contributed by atoms with Gasteiger partial charge in [0.2, 0.25) is 0 Å². The van der Waals surface area contributed by atoms with Gasteiger partial charge >= 0.3 is 0 Å². The van der Waals surface area contributed by atoms with Gasteiger partial charge in [-0.3, -0.25) is 10.1 Å². The van der Waals surface area contributed by atoms with Crippen LogP contribution in [0.1, 0.15) is 45.1 Å². The monoisotopic (exact) mass is 297 g/mol. The molecule has 1 unspecified atom stereocenters. The van der Waals surface area contributed by atoms with Gasteiger partial charge in [0.1, 0.15) is 11.3 Å². The molecule has 20 heavy (non-hydrogen) atoms. The molecule has 112 valence electrons. The molecule has 0 aliphatic heterocycles. The van der Waals surface area contributed by atoms with E-state index < -0.39 is 5.54 Å². The lowest BCUT2D eigenvalue weighted by molar-refractivity contribution is -0.128. The molecular weight excluding hydrogens is 274 g/mol. The molecule has 1 aliphatic rings. The van der Waals surface area contributed by atoms with Crippen LogP contribution in [-0.2, 0) is 10.3 Å². The molecule has 1 aromatic carbocycles. The third-order valence-electron chi connectivity index (χ3n) is 3.78. The van der Waals surface area contributed by atoms with Crippen LogP contribution in [0.3, 0.4) is 0 Å². The molecule has 0 heterocycles. The van der Waals surface area contributed by atoms with Crippen molar-refractivity contribution in [2.75, 3.05) is 7.11 Å². The van der Waals surface area contributed by atoms with E-state index in [0.717, 1.165) is 30.6 Å². The summed E-state index contributed by atoms with van der Waals surface area (Å²) >= 11 is 0. The number of benzene rings is 1. The van der Waals surface area contributed by atoms with Gasteiger partial charge in [0, 0.05) is 12.5 Å². The first kappa shape index (κ1) is 17.0. The Balaban J connectivity index is 0.00000200. The summed E-state index contributed by atoms with van der Waals surface area (Å²) in [5.74, 6) is 1.11. The first-order valence-electron chi connectivity index (χ1n) is 7.04. The number of methoxy groups -OCH3 is 1. The van der Waals surface area contributed by atoms with Crippen LogP contribution in [0.2, 0.25) is 0 Å². The average Bonchev–Trinajstić information content (AvgIpc) is 2.41. The molecule has 1 N–H and O–H groups in total. The second kappa shape index (κ2) is 7.09. The summed E-state index contributed by atoms with van der Waals surface area (Å²) in [6.07, 6.45) is 3.63. The van der Waals surface area contributed by atoms with E-state index in [2.05, 4.69) is 19.2 Å². The molecule has 1 aromatic rings. The molecule has 0 spiro atoms. The zero-order chi connectivity index (χ0) is 13.9. The van der Waals surface area contributed by atoms with Crippen molar-refractivity contribution in [3.63, 3.8) is 0 Å². The van der Waals surface area contributed by atoms with E-state index in [9.17, 15) is 4.79 Å². The highest BCUT2D eigenvalue weighted by Crippen LogP contribution is 2.36. The van der Waals surface area contributed by atoms with Crippen molar-refractivity contribution < 1.29 is 9.53 Å². The molecule has 0 aromatic heterocycles. The summed E-state index contributed by atoms with van der Waals surface area (Å²) in [4.78, 5) is 12.5. The Morgan fingerprint density at radius 1 is 1.30 bits per heavy atom. The Kier molecular flexibility index (Phi) is 6.03. The maximum atomic E-state index is 12.5. The van der Waals surface area contributed by atoms with Crippen LogP contribution in [0.5, 0.6) is 5.75 Å². The standard InChI is InChI=1S/C16H23NO2.ClH/c1-12(2)17-16(10-5-4-9-15(16)18)13-7-6-8-14(11-13)19-3;/h6-8,11-12,17H,4-5,9-10H2,1-3H3;1H. The minimum Gasteiger partial charge on any atom is -0.497 e. The Hall–Kier alpha value is -1.06. The number of nitrogens with one attached hydrogen (secondary N) is 1. The van der Waals surface area contributed by atoms with Crippen molar-refractivity contribution in [3.05, 3.63) is 29.8 Å². The Labute approximate surface area is 127 Å². The topological polar surface area (TPSA) is 38.3 Å². The number of rotatable bonds is 4. The van der Waals surface area contributed by atoms with Gasteiger partial charge in [-0.2, -0.15) is 0 Å². The number of ketones is 1. The quantitative estimate of drug-likeness (QED) is 0.925. The maximum absolute atomic E-state index is 12.5. The van der Waals surface area contributed by atoms with Gasteiger partial charge in [-0.05, 0) is 44.4 Å². The van der Waals surface area contributed by atoms with Crippen LogP contribution in [0.25, 0.3) is 0 Å². The number of halogens is 1. The average molecular weight is 298 g/mol. The second-order valence-electron chi connectivity index (χ2n) is 5.57. The summed E-state index contributed by atoms with van der Waals surface area (Å²) < 4.78 is 5.29. The van der Waals surface area contributed by atoms with Crippen LogP contribution < -0.4 is 10.1 Å². The van der Waals surface area contributed by atoms with Crippen molar-refractivity contribution in [2.45, 2.75) is 51.1 Å². The molecule has 1 saturated carbocycles. The van der Waals surface area contributed by atoms with Gasteiger partial charge in [0.15, 0.2) is 5.78 Å². The minimum atomic E-state index is -0.527. The largest absolute Gasteiger partial charge is 0.497 e. The third-order valence-corrected chi connectivity index (χ3v) is 3.78. The molecule has 3 nitrogen and oxygen atoms in total. The molecule has 0 amide bonds. The summed E-state index contributed by atoms with van der Waals surface area (Å²) in [7, 11) is 1.66. The summed E-state index contributed by atoms with van der Waals surface area (Å²) in [6, 6.07) is 8.16. The SMILES string of the molecule is COc1cccc(C2(NC(C)C)CCCCC2=O)c1.Cl. The lowest BCUT2D eigenvalue weighted by Gasteiger charge is -2.39. The highest BCUT2D eigenvalue weighted by molar-refractivity contribution is 5.90. The Bertz CT molecular complexity index is 462. The summed E-state index contributed by atoms with van der Waals surface area (Å²) in [5, 5.41) is 3.51. The van der Waals surface area contributed by atoms with Gasteiger partial charge in [-0.15, -0.1) is 12.4 Å². The van der Waals surface area contributed by atoms with E-state index in [1.54, 1.807) is 7.11 Å². The molecule has 0 saturated heterocycles. The number of carbonyl (C=O) groups is 1. The van der Waals surface area contributed by atoms with Crippen molar-refractivity contribution >= 4 is 18.2 Å². The number of carbonyl (C=O) groups excluding carboxylic acids is 1. The minimum absolute atomic E-state index is 0. The van der Waals surface area contributed by atoms with Crippen LogP contribution in [0.4, 0.5) is 0 Å². The zero-order valence-corrected chi connectivity index (χ0v) is 13.3. The number of hydrogen-bond acceptors (Lipinski definition) is 3. The molecular formula is C16H24ClNO2. The Morgan fingerprint density at radius 3 is 2.65 bits per heavy atom. The number of Topliss-reactive ketones (excluding diaryl/α,β-unsaturated/α-hetero) is 1. The van der Waals surface area contributed by atoms with E-state index in [1.165, 1.54) is 0 Å². The fraction of sp³-hybridized carbons (Fsp3) is 0.562. The van der Waals surface area contributed by atoms with Gasteiger partial charge in [0.05, 0.1) is 7.11 Å². The molecule has 4 heteroatoms. The van der Waals surface area contributed by atoms with Crippen LogP contribution in [0, 0.1) is 0 Å². The van der Waals surface area contributed by atoms with Crippen molar-refractivity contribution in [1.82, 2.24) is 5.32 Å². The molecule has 2 rings (SSSR count). The van der Waals surface area contributed by atoms with Crippen LogP contribution in [-0.4, -0.2) is 18.9 Å². The maximum Gasteiger partial charge on any atom is 0.157 e. The lowest BCUT2D eigenvalue weighted by atomic mass is 9.75. The predicted molar refractivity (Wildman–Crippen MR) is 83.7 cm³/mol. The summed E-state index contributed by atoms with van der Waals surface area (Å²) in [5.41, 5.74) is 0.506. The fourth-order valence-electron chi connectivity index (χ4n) is 2.95. The van der Waals surface area contributed by atoms with E-state index in [4.69, 9.17) is 4.74 Å². The van der Waals surface area contributed by atoms with E-state index >= 15 is 0 Å². The first-order chi connectivity index (χ1) is 9.08. The second-order valence-corrected chi connectivity index (χ2v) is 5.57. The van der Waals surface area contributed by atoms with E-state index in [0.29, 0.717) is 12.2 Å². The van der Waals surface area contributed by atoms with Gasteiger partial charge < -0.3 is 4.74 Å². The molecule has 1 fully saturated rings. The van der Waals surface area contributed by atoms with E-state index in [1.807, 2.05) is 24.3 Å². The molecule has 1 aliphatic carbocycles. The highest BCUT2D eigenvalue weighted by Gasteiger charge is 2.41. The zero-order valence-electron chi connectivity index (χ0n) is 12.4. The summed E-state index contributed by atoms with van der Waals surface area (Å²) in [6.45, 7) is 4.17. The predicted octanol–water partition coefficient (Wildman–Crippen LogP) is 3.45. The molecule has 0 bridgehead atoms. The first-order valence-corrected chi connectivity index (χ1v) is 7.04. The molecule has 0 radical (unpaired) electrons. The fourth-order valence-corrected chi connectivity index (χ4v) is 2.95. The van der Waals surface area contributed by atoms with Crippen LogP contribution >= 0.6 is 12.4 Å². The smallest absolute Gasteiger partial charge is 0.157 e. The van der Waals surface area contributed by atoms with Gasteiger partial charge in [-0.1, -0.05) is 18.6 Å². The van der Waals surface area contributed by atoms with Crippen molar-refractivity contribution in [2.24, 2.45) is 0 Å². The normalized spacial score (nSPS) is 22.5. The van der Waals surface area contributed by atoms with E-state index in [-0.39, 0.29) is 18.4 Å². The number of hydrogen-bond donors (Lipinski definition) is 1. The molecule has 1 atom stereocenters. The Morgan fingerprint density at radius 2 is 2.05 bits per heavy atom. The lowest BCUT2D eigenvalue weighted by Crippen LogP contribution is -2.53. The third kappa shape index (κ3) is 3.33. The van der Waals surface area contributed by atoms with Gasteiger partial charge in [0.25, 0.3) is 0 Å². The highest BCUT2D eigenvalue weighted by atomic mass is 35.5. The van der Waals surface area contributed by atoms with Crippen molar-refractivity contribution in [3.8, 4) is 5.75 Å². The van der Waals surface area contributed by atoms with Crippen molar-refractivity contribution in [1.29, 1.82) is 0 Å². The number of ether oxygens (including phenoxy) is 1. The van der Waals surface area contributed by atoms with Gasteiger partial charge in [-0.25, -0.2) is 0 Å². The van der Waals surface area contributed by atoms with Crippen LogP contribution in [0.15, 0.2) is 24.3 Å².